The lowest BCUT2D eigenvalue weighted by Gasteiger charge is -2.37. The Morgan fingerprint density at radius 2 is 1.47 bits per heavy atom. The number of Topliss-reactive ketones (excluding diaryl/α,β-unsaturated/α-hetero) is 1. The Hall–Kier alpha value is -4.14. The van der Waals surface area contributed by atoms with Crippen molar-refractivity contribution >= 4 is 11.8 Å². The molecule has 0 unspecified atom stereocenters. The van der Waals surface area contributed by atoms with Crippen LogP contribution in [0.5, 0.6) is 28.7 Å². The van der Waals surface area contributed by atoms with Crippen LogP contribution >= 0.6 is 0 Å². The molecule has 0 aromatic heterocycles. The van der Waals surface area contributed by atoms with E-state index >= 15 is 0 Å². The molecule has 2 aromatic carbocycles. The highest BCUT2D eigenvalue weighted by Crippen LogP contribution is 2.51. The van der Waals surface area contributed by atoms with Gasteiger partial charge in [-0.3, -0.25) is 4.79 Å². The summed E-state index contributed by atoms with van der Waals surface area (Å²) >= 11 is 0. The van der Waals surface area contributed by atoms with Crippen molar-refractivity contribution in [3.63, 3.8) is 0 Å². The van der Waals surface area contributed by atoms with Crippen molar-refractivity contribution in [3.8, 4) is 28.7 Å². The van der Waals surface area contributed by atoms with Crippen LogP contribution in [0.4, 0.5) is 0 Å². The minimum absolute atomic E-state index is 0.0747. The van der Waals surface area contributed by atoms with Crippen LogP contribution < -0.4 is 29.0 Å². The van der Waals surface area contributed by atoms with Gasteiger partial charge in [-0.1, -0.05) is 12.1 Å². The fourth-order valence-electron chi connectivity index (χ4n) is 5.42. The molecule has 0 saturated heterocycles. The van der Waals surface area contributed by atoms with Crippen LogP contribution in [0.3, 0.4) is 0 Å². The molecule has 1 N–H and O–H groups in total. The summed E-state index contributed by atoms with van der Waals surface area (Å²) in [5, 5.41) is 3.34. The summed E-state index contributed by atoms with van der Waals surface area (Å²) in [6.07, 6.45) is 0.823. The quantitative estimate of drug-likeness (QED) is 0.509. The minimum Gasteiger partial charge on any atom is -0.493 e. The van der Waals surface area contributed by atoms with Gasteiger partial charge in [-0.2, -0.15) is 0 Å². The number of ketones is 1. The molecule has 2 aliphatic rings. The summed E-state index contributed by atoms with van der Waals surface area (Å²) in [7, 11) is 9.05. The van der Waals surface area contributed by atoms with Crippen LogP contribution in [0.15, 0.2) is 52.9 Å². The van der Waals surface area contributed by atoms with Crippen molar-refractivity contribution in [1.29, 1.82) is 0 Å². The van der Waals surface area contributed by atoms with Crippen molar-refractivity contribution in [3.05, 3.63) is 64.0 Å². The Labute approximate surface area is 222 Å². The standard InChI is InChI=1S/C29H33NO8/c1-15-24(29(32)38-7)25(18-9-11-22(34-3)28(37-6)27(18)36-5)26-19(30-15)12-17(13-20(26)31)16-8-10-21(33-2)23(14-16)35-4/h8-11,14,17,25,30H,12-13H2,1-7H3/t17-,25+/m1/s1. The Morgan fingerprint density at radius 3 is 2.08 bits per heavy atom. The fraction of sp³-hybridized carbons (Fsp3) is 0.379. The Morgan fingerprint density at radius 1 is 0.816 bits per heavy atom. The van der Waals surface area contributed by atoms with E-state index in [4.69, 9.17) is 28.4 Å². The van der Waals surface area contributed by atoms with Crippen LogP contribution in [-0.2, 0) is 14.3 Å². The molecule has 0 fully saturated rings. The number of esters is 1. The number of ether oxygens (including phenoxy) is 6. The molecule has 202 valence electrons. The molecule has 0 radical (unpaired) electrons. The van der Waals surface area contributed by atoms with Gasteiger partial charge in [0.05, 0.1) is 54.1 Å². The van der Waals surface area contributed by atoms with E-state index in [0.717, 1.165) is 11.3 Å². The molecule has 1 aliphatic carbocycles. The SMILES string of the molecule is COC(=O)C1=C(C)NC2=C(C(=O)C[C@H](c3ccc(OC)c(OC)c3)C2)[C@H]1c1ccc(OC)c(OC)c1OC. The van der Waals surface area contributed by atoms with E-state index in [1.165, 1.54) is 28.4 Å². The lowest BCUT2D eigenvalue weighted by Crippen LogP contribution is -2.36. The summed E-state index contributed by atoms with van der Waals surface area (Å²) in [5.74, 6) is 1.05. The molecule has 38 heavy (non-hydrogen) atoms. The maximum atomic E-state index is 13.9. The first-order valence-electron chi connectivity index (χ1n) is 12.2. The maximum absolute atomic E-state index is 13.9. The Balaban J connectivity index is 1.87. The number of benzene rings is 2. The maximum Gasteiger partial charge on any atom is 0.336 e. The summed E-state index contributed by atoms with van der Waals surface area (Å²) in [4.78, 5) is 26.9. The average Bonchev–Trinajstić information content (AvgIpc) is 2.94. The second kappa shape index (κ2) is 11.1. The molecular formula is C29H33NO8. The molecule has 0 spiro atoms. The minimum atomic E-state index is -0.715. The normalized spacial score (nSPS) is 18.9. The first-order valence-corrected chi connectivity index (χ1v) is 12.2. The Kier molecular flexibility index (Phi) is 7.85. The lowest BCUT2D eigenvalue weighted by molar-refractivity contribution is -0.136. The number of nitrogens with one attached hydrogen (secondary N) is 1. The highest BCUT2D eigenvalue weighted by molar-refractivity contribution is 6.04. The van der Waals surface area contributed by atoms with Gasteiger partial charge in [-0.15, -0.1) is 0 Å². The van der Waals surface area contributed by atoms with E-state index in [9.17, 15) is 9.59 Å². The molecular weight excluding hydrogens is 490 g/mol. The monoisotopic (exact) mass is 523 g/mol. The highest BCUT2D eigenvalue weighted by atomic mass is 16.5. The van der Waals surface area contributed by atoms with Crippen LogP contribution in [0.2, 0.25) is 0 Å². The van der Waals surface area contributed by atoms with E-state index in [-0.39, 0.29) is 18.1 Å². The third kappa shape index (κ3) is 4.53. The summed E-state index contributed by atoms with van der Waals surface area (Å²) in [6.45, 7) is 1.81. The third-order valence-corrected chi connectivity index (χ3v) is 7.16. The summed E-state index contributed by atoms with van der Waals surface area (Å²) in [6, 6.07) is 9.23. The van der Waals surface area contributed by atoms with Crippen molar-refractivity contribution in [2.45, 2.75) is 31.6 Å². The zero-order valence-electron chi connectivity index (χ0n) is 22.7. The predicted octanol–water partition coefficient (Wildman–Crippen LogP) is 4.26. The number of hydrogen-bond acceptors (Lipinski definition) is 9. The molecule has 0 bridgehead atoms. The van der Waals surface area contributed by atoms with Crippen molar-refractivity contribution < 1.29 is 38.0 Å². The number of dihydropyridines is 1. The molecule has 1 heterocycles. The van der Waals surface area contributed by atoms with Gasteiger partial charge in [0.15, 0.2) is 28.8 Å². The second-order valence-corrected chi connectivity index (χ2v) is 9.05. The second-order valence-electron chi connectivity index (χ2n) is 9.05. The van der Waals surface area contributed by atoms with E-state index < -0.39 is 11.9 Å². The van der Waals surface area contributed by atoms with Crippen LogP contribution in [-0.4, -0.2) is 54.4 Å². The molecule has 9 nitrogen and oxygen atoms in total. The molecule has 9 heteroatoms. The first-order chi connectivity index (χ1) is 18.3. The largest absolute Gasteiger partial charge is 0.493 e. The molecule has 4 rings (SSSR count). The molecule has 2 aromatic rings. The van der Waals surface area contributed by atoms with E-state index in [2.05, 4.69) is 5.32 Å². The van der Waals surface area contributed by atoms with Crippen molar-refractivity contribution in [2.24, 2.45) is 0 Å². The van der Waals surface area contributed by atoms with Gasteiger partial charge in [0.1, 0.15) is 0 Å². The summed E-state index contributed by atoms with van der Waals surface area (Å²) in [5.41, 5.74) is 3.79. The first kappa shape index (κ1) is 26.9. The van der Waals surface area contributed by atoms with E-state index in [1.807, 2.05) is 18.2 Å². The number of carbonyl (C=O) groups is 2. The lowest BCUT2D eigenvalue weighted by atomic mass is 9.71. The predicted molar refractivity (Wildman–Crippen MR) is 140 cm³/mol. The third-order valence-electron chi connectivity index (χ3n) is 7.16. The van der Waals surface area contributed by atoms with Crippen molar-refractivity contribution in [1.82, 2.24) is 5.32 Å². The fourth-order valence-corrected chi connectivity index (χ4v) is 5.42. The topological polar surface area (TPSA) is 102 Å². The molecule has 0 saturated carbocycles. The van der Waals surface area contributed by atoms with Gasteiger partial charge in [0.25, 0.3) is 0 Å². The van der Waals surface area contributed by atoms with Gasteiger partial charge in [0, 0.05) is 29.0 Å². The number of hydrogen-bond donors (Lipinski definition) is 1. The molecule has 0 amide bonds. The van der Waals surface area contributed by atoms with Crippen LogP contribution in [0, 0.1) is 0 Å². The van der Waals surface area contributed by atoms with Gasteiger partial charge in [-0.05, 0) is 43.0 Å². The smallest absolute Gasteiger partial charge is 0.336 e. The number of rotatable bonds is 8. The van der Waals surface area contributed by atoms with Gasteiger partial charge in [0.2, 0.25) is 5.75 Å². The highest BCUT2D eigenvalue weighted by Gasteiger charge is 2.43. The molecule has 1 aliphatic heterocycles. The number of carbonyl (C=O) groups excluding carboxylic acids is 2. The van der Waals surface area contributed by atoms with E-state index in [0.29, 0.717) is 57.6 Å². The van der Waals surface area contributed by atoms with Crippen LogP contribution in [0.25, 0.3) is 0 Å². The van der Waals surface area contributed by atoms with E-state index in [1.54, 1.807) is 33.3 Å². The zero-order valence-corrected chi connectivity index (χ0v) is 22.7. The van der Waals surface area contributed by atoms with Gasteiger partial charge in [-0.25, -0.2) is 4.79 Å². The average molecular weight is 524 g/mol. The Bertz CT molecular complexity index is 1330. The number of allylic oxidation sites excluding steroid dienone is 3. The summed E-state index contributed by atoms with van der Waals surface area (Å²) < 4.78 is 32.8. The van der Waals surface area contributed by atoms with Crippen LogP contribution in [0.1, 0.15) is 42.7 Å². The molecule has 2 atom stereocenters. The van der Waals surface area contributed by atoms with Gasteiger partial charge < -0.3 is 33.7 Å². The van der Waals surface area contributed by atoms with Crippen molar-refractivity contribution in [2.75, 3.05) is 42.7 Å². The number of methoxy groups -OCH3 is 6. The van der Waals surface area contributed by atoms with Gasteiger partial charge >= 0.3 is 5.97 Å². The zero-order chi connectivity index (χ0) is 27.6.